The van der Waals surface area contributed by atoms with Crippen LogP contribution in [0.25, 0.3) is 0 Å². The molecule has 0 aromatic heterocycles. The Balaban J connectivity index is 3.10. The third-order valence-corrected chi connectivity index (χ3v) is 2.90. The Morgan fingerprint density at radius 2 is 1.94 bits per heavy atom. The molecule has 0 bridgehead atoms. The fourth-order valence-electron chi connectivity index (χ4n) is 1.75. The Kier molecular flexibility index (Phi) is 3.87. The molecule has 0 saturated heterocycles. The van der Waals surface area contributed by atoms with Gasteiger partial charge in [-0.3, -0.25) is 4.79 Å². The van der Waals surface area contributed by atoms with Crippen molar-refractivity contribution >= 4 is 5.78 Å². The molecule has 2 heteroatoms. The number of ketones is 1. The van der Waals surface area contributed by atoms with Crippen molar-refractivity contribution in [2.45, 2.75) is 40.2 Å². The Morgan fingerprint density at radius 1 is 1.31 bits per heavy atom. The number of rotatable bonds is 4. The first-order valence-electron chi connectivity index (χ1n) is 5.65. The minimum Gasteiger partial charge on any atom is -0.368 e. The lowest BCUT2D eigenvalue weighted by Gasteiger charge is -2.24. The summed E-state index contributed by atoms with van der Waals surface area (Å²) < 4.78 is 5.49. The van der Waals surface area contributed by atoms with Crippen LogP contribution in [0.5, 0.6) is 0 Å². The van der Waals surface area contributed by atoms with E-state index in [4.69, 9.17) is 4.74 Å². The van der Waals surface area contributed by atoms with Crippen molar-refractivity contribution in [2.75, 3.05) is 6.61 Å². The van der Waals surface area contributed by atoms with E-state index in [1.807, 2.05) is 52.8 Å². The van der Waals surface area contributed by atoms with Crippen LogP contribution in [-0.2, 0) is 4.74 Å². The third-order valence-electron chi connectivity index (χ3n) is 2.90. The number of hydrogen-bond donors (Lipinski definition) is 0. The zero-order valence-corrected chi connectivity index (χ0v) is 10.8. The van der Waals surface area contributed by atoms with E-state index in [2.05, 4.69) is 0 Å². The molecular weight excluding hydrogens is 200 g/mol. The van der Waals surface area contributed by atoms with Gasteiger partial charge in [-0.25, -0.2) is 0 Å². The van der Waals surface area contributed by atoms with Gasteiger partial charge >= 0.3 is 0 Å². The van der Waals surface area contributed by atoms with Crippen molar-refractivity contribution in [1.82, 2.24) is 0 Å². The van der Waals surface area contributed by atoms with Gasteiger partial charge in [0, 0.05) is 12.2 Å². The second-order valence-electron chi connectivity index (χ2n) is 4.52. The average Bonchev–Trinajstić information content (AvgIpc) is 2.21. The zero-order chi connectivity index (χ0) is 12.3. The molecule has 0 heterocycles. The maximum absolute atomic E-state index is 12.3. The summed E-state index contributed by atoms with van der Waals surface area (Å²) in [6, 6.07) is 5.79. The fourth-order valence-corrected chi connectivity index (χ4v) is 1.75. The number of hydrogen-bond acceptors (Lipinski definition) is 2. The van der Waals surface area contributed by atoms with Gasteiger partial charge in [-0.15, -0.1) is 0 Å². The highest BCUT2D eigenvalue weighted by Crippen LogP contribution is 2.21. The first-order valence-corrected chi connectivity index (χ1v) is 5.65. The number of carbonyl (C=O) groups is 1. The number of carbonyl (C=O) groups excluding carboxylic acids is 1. The Labute approximate surface area is 97.6 Å². The van der Waals surface area contributed by atoms with Crippen LogP contribution in [0.3, 0.4) is 0 Å². The second-order valence-corrected chi connectivity index (χ2v) is 4.52. The molecule has 2 nitrogen and oxygen atoms in total. The number of Topliss-reactive ketones (excluding diaryl/α,β-unsaturated/α-hetero) is 1. The van der Waals surface area contributed by atoms with E-state index in [-0.39, 0.29) is 5.78 Å². The van der Waals surface area contributed by atoms with Gasteiger partial charge in [0.25, 0.3) is 0 Å². The van der Waals surface area contributed by atoms with Crippen molar-refractivity contribution in [3.05, 3.63) is 34.9 Å². The molecule has 0 amide bonds. The van der Waals surface area contributed by atoms with Crippen molar-refractivity contribution in [3.8, 4) is 0 Å². The van der Waals surface area contributed by atoms with E-state index < -0.39 is 5.60 Å². The minimum absolute atomic E-state index is 0.0514. The third kappa shape index (κ3) is 2.50. The number of ether oxygens (including phenoxy) is 1. The average molecular weight is 220 g/mol. The molecule has 0 unspecified atom stereocenters. The summed E-state index contributed by atoms with van der Waals surface area (Å²) >= 11 is 0. The number of aryl methyl sites for hydroxylation is 1. The molecule has 0 aliphatic rings. The van der Waals surface area contributed by atoms with Crippen LogP contribution in [0.1, 0.15) is 42.3 Å². The zero-order valence-electron chi connectivity index (χ0n) is 10.8. The van der Waals surface area contributed by atoms with E-state index in [9.17, 15) is 4.79 Å². The Hall–Kier alpha value is -1.15. The monoisotopic (exact) mass is 220 g/mol. The molecule has 1 aromatic rings. The molecule has 0 aliphatic carbocycles. The molecule has 0 saturated carbocycles. The van der Waals surface area contributed by atoms with Gasteiger partial charge in [0.15, 0.2) is 5.78 Å². The van der Waals surface area contributed by atoms with Crippen molar-refractivity contribution in [2.24, 2.45) is 0 Å². The molecule has 0 fully saturated rings. The molecule has 1 rings (SSSR count). The summed E-state index contributed by atoms with van der Waals surface area (Å²) in [5.74, 6) is 0.0514. The van der Waals surface area contributed by atoms with E-state index in [0.717, 1.165) is 16.7 Å². The SMILES string of the molecule is CCOC(C)(C)C(=O)c1cccc(C)c1C. The molecule has 16 heavy (non-hydrogen) atoms. The highest BCUT2D eigenvalue weighted by molar-refractivity contribution is 6.03. The second kappa shape index (κ2) is 4.79. The molecule has 0 N–H and O–H groups in total. The molecule has 0 aliphatic heterocycles. The summed E-state index contributed by atoms with van der Waals surface area (Å²) in [6.45, 7) is 10.1. The molecule has 88 valence electrons. The van der Waals surface area contributed by atoms with Crippen LogP contribution >= 0.6 is 0 Å². The van der Waals surface area contributed by atoms with Crippen molar-refractivity contribution in [1.29, 1.82) is 0 Å². The summed E-state index contributed by atoms with van der Waals surface area (Å²) in [6.07, 6.45) is 0. The Morgan fingerprint density at radius 3 is 2.50 bits per heavy atom. The van der Waals surface area contributed by atoms with Crippen LogP contribution in [-0.4, -0.2) is 18.0 Å². The maximum Gasteiger partial charge on any atom is 0.194 e. The first kappa shape index (κ1) is 12.9. The molecule has 0 spiro atoms. The van der Waals surface area contributed by atoms with E-state index in [1.165, 1.54) is 0 Å². The van der Waals surface area contributed by atoms with Gasteiger partial charge in [-0.2, -0.15) is 0 Å². The van der Waals surface area contributed by atoms with Gasteiger partial charge in [0.1, 0.15) is 5.60 Å². The molecule has 0 radical (unpaired) electrons. The van der Waals surface area contributed by atoms with Crippen molar-refractivity contribution < 1.29 is 9.53 Å². The summed E-state index contributed by atoms with van der Waals surface area (Å²) in [7, 11) is 0. The largest absolute Gasteiger partial charge is 0.368 e. The van der Waals surface area contributed by atoms with Gasteiger partial charge < -0.3 is 4.74 Å². The van der Waals surface area contributed by atoms with Gasteiger partial charge in [0.2, 0.25) is 0 Å². The predicted molar refractivity (Wildman–Crippen MR) is 66.0 cm³/mol. The van der Waals surface area contributed by atoms with Crippen LogP contribution in [0.15, 0.2) is 18.2 Å². The maximum atomic E-state index is 12.3. The van der Waals surface area contributed by atoms with Crippen LogP contribution in [0.4, 0.5) is 0 Å². The van der Waals surface area contributed by atoms with Crippen LogP contribution in [0, 0.1) is 13.8 Å². The molecule has 1 aromatic carbocycles. The standard InChI is InChI=1S/C14H20O2/c1-6-16-14(4,5)13(15)12-9-7-8-10(2)11(12)3/h7-9H,6H2,1-5H3. The number of benzene rings is 1. The lowest BCUT2D eigenvalue weighted by molar-refractivity contribution is 0.00120. The first-order chi connectivity index (χ1) is 7.40. The highest BCUT2D eigenvalue weighted by atomic mass is 16.5. The lowest BCUT2D eigenvalue weighted by Crippen LogP contribution is -2.35. The normalized spacial score (nSPS) is 11.6. The summed E-state index contributed by atoms with van der Waals surface area (Å²) in [4.78, 5) is 12.3. The van der Waals surface area contributed by atoms with Crippen LogP contribution < -0.4 is 0 Å². The van der Waals surface area contributed by atoms with E-state index in [1.54, 1.807) is 0 Å². The smallest absolute Gasteiger partial charge is 0.194 e. The lowest BCUT2D eigenvalue weighted by atomic mass is 9.91. The van der Waals surface area contributed by atoms with Gasteiger partial charge in [-0.05, 0) is 45.7 Å². The molecule has 0 atom stereocenters. The quantitative estimate of drug-likeness (QED) is 0.728. The Bertz CT molecular complexity index is 392. The van der Waals surface area contributed by atoms with E-state index >= 15 is 0 Å². The van der Waals surface area contributed by atoms with Gasteiger partial charge in [-0.1, -0.05) is 18.2 Å². The van der Waals surface area contributed by atoms with E-state index in [0.29, 0.717) is 6.61 Å². The predicted octanol–water partition coefficient (Wildman–Crippen LogP) is 3.30. The van der Waals surface area contributed by atoms with Crippen LogP contribution in [0.2, 0.25) is 0 Å². The summed E-state index contributed by atoms with van der Waals surface area (Å²) in [5, 5.41) is 0. The fraction of sp³-hybridized carbons (Fsp3) is 0.500. The topological polar surface area (TPSA) is 26.3 Å². The van der Waals surface area contributed by atoms with Gasteiger partial charge in [0.05, 0.1) is 0 Å². The highest BCUT2D eigenvalue weighted by Gasteiger charge is 2.30. The minimum atomic E-state index is -0.743. The summed E-state index contributed by atoms with van der Waals surface area (Å²) in [5.41, 5.74) is 2.20. The van der Waals surface area contributed by atoms with Crippen molar-refractivity contribution in [3.63, 3.8) is 0 Å². The molecular formula is C14H20O2.